The number of phosphoric acid groups is 1. The molecule has 0 aromatic heterocycles. The van der Waals surface area contributed by atoms with E-state index in [1.54, 1.807) is 0 Å². The first-order chi connectivity index (χ1) is 16.6. The van der Waals surface area contributed by atoms with Gasteiger partial charge in [-0.25, -0.2) is 0 Å². The van der Waals surface area contributed by atoms with Crippen LogP contribution < -0.4 is 4.89 Å². The number of likely N-dealkylation sites (N-methyl/N-ethyl adjacent to an activating group) is 1. The summed E-state index contributed by atoms with van der Waals surface area (Å²) in [7, 11) is 2.89. The summed E-state index contributed by atoms with van der Waals surface area (Å²) in [5.41, 5.74) is 0. The standard InChI is InChI=1S/C27H58NO6P/c1-6-7-8-9-10-11-12-13-14-15-16-17-18-19-20-21-22-26(27(25-29)32-5)34-35(30,31)33-24-23-28(2,3)4/h26-27,29H,6-25H2,1-5H3/t26?,27-/m0/s1. The Labute approximate surface area is 217 Å². The van der Waals surface area contributed by atoms with Crippen molar-refractivity contribution < 1.29 is 32.8 Å². The molecule has 212 valence electrons. The van der Waals surface area contributed by atoms with Gasteiger partial charge in [-0.05, 0) is 6.42 Å². The maximum Gasteiger partial charge on any atom is 0.268 e. The van der Waals surface area contributed by atoms with Crippen LogP contribution in [0.1, 0.15) is 116 Å². The molecule has 0 rings (SSSR count). The minimum Gasteiger partial charge on any atom is -0.756 e. The van der Waals surface area contributed by atoms with E-state index in [0.29, 0.717) is 17.4 Å². The second-order valence-electron chi connectivity index (χ2n) is 11.0. The Bertz CT molecular complexity index is 510. The van der Waals surface area contributed by atoms with E-state index in [2.05, 4.69) is 6.92 Å². The summed E-state index contributed by atoms with van der Waals surface area (Å²) >= 11 is 0. The van der Waals surface area contributed by atoms with Crippen molar-refractivity contribution in [2.75, 3.05) is 48.0 Å². The van der Waals surface area contributed by atoms with Crippen molar-refractivity contribution in [2.45, 2.75) is 128 Å². The normalized spacial score (nSPS) is 15.7. The molecule has 0 aromatic rings. The Morgan fingerprint density at radius 1 is 0.771 bits per heavy atom. The number of phosphoric ester groups is 1. The number of hydrogen-bond acceptors (Lipinski definition) is 6. The molecule has 0 radical (unpaired) electrons. The van der Waals surface area contributed by atoms with Crippen LogP contribution in [0.25, 0.3) is 0 Å². The molecule has 7 nitrogen and oxygen atoms in total. The molecule has 0 saturated heterocycles. The molecule has 2 unspecified atom stereocenters. The fourth-order valence-electron chi connectivity index (χ4n) is 4.17. The van der Waals surface area contributed by atoms with Crippen LogP contribution in [0, 0.1) is 0 Å². The number of aliphatic hydroxyl groups is 1. The average Bonchev–Trinajstić information content (AvgIpc) is 2.78. The third kappa shape index (κ3) is 22.9. The molecule has 0 saturated carbocycles. The van der Waals surface area contributed by atoms with Gasteiger partial charge in [-0.3, -0.25) is 4.57 Å². The SMILES string of the molecule is CCCCCCCCCCCCCCCCCCC(OP(=O)([O-])OCC[N+](C)(C)C)[C@H](CO)OC. The molecule has 0 amide bonds. The van der Waals surface area contributed by atoms with Gasteiger partial charge in [0.1, 0.15) is 19.3 Å². The van der Waals surface area contributed by atoms with Gasteiger partial charge >= 0.3 is 0 Å². The molecule has 35 heavy (non-hydrogen) atoms. The van der Waals surface area contributed by atoms with Crippen LogP contribution in [0.2, 0.25) is 0 Å². The van der Waals surface area contributed by atoms with Crippen molar-refractivity contribution in [2.24, 2.45) is 0 Å². The Kier molecular flexibility index (Phi) is 22.0. The van der Waals surface area contributed by atoms with E-state index in [1.807, 2.05) is 21.1 Å². The number of ether oxygens (including phenoxy) is 1. The molecule has 0 fully saturated rings. The van der Waals surface area contributed by atoms with Crippen LogP contribution >= 0.6 is 7.82 Å². The van der Waals surface area contributed by atoms with E-state index in [4.69, 9.17) is 13.8 Å². The highest BCUT2D eigenvalue weighted by Gasteiger charge is 2.26. The fraction of sp³-hybridized carbons (Fsp3) is 1.00. The zero-order valence-corrected chi connectivity index (χ0v) is 24.6. The predicted molar refractivity (Wildman–Crippen MR) is 143 cm³/mol. The zero-order valence-electron chi connectivity index (χ0n) is 23.7. The monoisotopic (exact) mass is 523 g/mol. The Morgan fingerprint density at radius 3 is 1.57 bits per heavy atom. The van der Waals surface area contributed by atoms with Gasteiger partial charge in [0.05, 0.1) is 33.9 Å². The topological polar surface area (TPSA) is 88.1 Å². The molecule has 0 spiro atoms. The second kappa shape index (κ2) is 22.0. The molecular formula is C27H58NO6P. The number of hydrogen-bond donors (Lipinski definition) is 1. The highest BCUT2D eigenvalue weighted by molar-refractivity contribution is 7.45. The molecule has 3 atom stereocenters. The summed E-state index contributed by atoms with van der Waals surface area (Å²) in [6, 6.07) is 0. The van der Waals surface area contributed by atoms with Gasteiger partial charge < -0.3 is 28.3 Å². The quantitative estimate of drug-likeness (QED) is 0.0822. The Balaban J connectivity index is 3.93. The van der Waals surface area contributed by atoms with E-state index in [0.717, 1.165) is 19.3 Å². The van der Waals surface area contributed by atoms with Gasteiger partial charge in [-0.15, -0.1) is 0 Å². The van der Waals surface area contributed by atoms with Gasteiger partial charge in [0.25, 0.3) is 7.82 Å². The van der Waals surface area contributed by atoms with Crippen molar-refractivity contribution in [3.05, 3.63) is 0 Å². The summed E-state index contributed by atoms with van der Waals surface area (Å²) in [6.07, 6.45) is 19.7. The second-order valence-corrected chi connectivity index (χ2v) is 12.4. The molecule has 0 aliphatic heterocycles. The van der Waals surface area contributed by atoms with Crippen molar-refractivity contribution in [1.82, 2.24) is 0 Å². The average molecular weight is 524 g/mol. The van der Waals surface area contributed by atoms with Crippen LogP contribution in [-0.4, -0.2) is 69.8 Å². The van der Waals surface area contributed by atoms with E-state index >= 15 is 0 Å². The molecule has 0 heterocycles. The number of methoxy groups -OCH3 is 1. The first-order valence-electron chi connectivity index (χ1n) is 14.2. The van der Waals surface area contributed by atoms with Crippen molar-refractivity contribution in [3.8, 4) is 0 Å². The van der Waals surface area contributed by atoms with E-state index in [9.17, 15) is 14.6 Å². The highest BCUT2D eigenvalue weighted by Crippen LogP contribution is 2.41. The van der Waals surface area contributed by atoms with E-state index in [-0.39, 0.29) is 13.2 Å². The third-order valence-corrected chi connectivity index (χ3v) is 7.54. The summed E-state index contributed by atoms with van der Waals surface area (Å²) in [4.78, 5) is 12.3. The van der Waals surface area contributed by atoms with Gasteiger partial charge in [0.2, 0.25) is 0 Å². The molecule has 1 N–H and O–H groups in total. The predicted octanol–water partition coefficient (Wildman–Crippen LogP) is 6.22. The van der Waals surface area contributed by atoms with Gasteiger partial charge in [0, 0.05) is 7.11 Å². The van der Waals surface area contributed by atoms with E-state index < -0.39 is 20.0 Å². The first-order valence-corrected chi connectivity index (χ1v) is 15.7. The lowest BCUT2D eigenvalue weighted by Gasteiger charge is -2.32. The number of quaternary nitrogens is 1. The Hall–Kier alpha value is -0.0100. The molecule has 8 heteroatoms. The summed E-state index contributed by atoms with van der Waals surface area (Å²) in [5.74, 6) is 0. The summed E-state index contributed by atoms with van der Waals surface area (Å²) in [5, 5.41) is 9.57. The number of unbranched alkanes of at least 4 members (excludes halogenated alkanes) is 15. The maximum absolute atomic E-state index is 12.3. The van der Waals surface area contributed by atoms with Gasteiger partial charge in [-0.2, -0.15) is 0 Å². The molecule has 0 aliphatic rings. The lowest BCUT2D eigenvalue weighted by atomic mass is 10.0. The van der Waals surface area contributed by atoms with Crippen molar-refractivity contribution in [3.63, 3.8) is 0 Å². The maximum atomic E-state index is 12.3. The van der Waals surface area contributed by atoms with Crippen LogP contribution in [0.4, 0.5) is 0 Å². The fourth-order valence-corrected chi connectivity index (χ4v) is 5.11. The minimum absolute atomic E-state index is 0.0623. The Morgan fingerprint density at radius 2 is 1.20 bits per heavy atom. The first kappa shape index (κ1) is 35.0. The number of aliphatic hydroxyl groups excluding tert-OH is 1. The highest BCUT2D eigenvalue weighted by atomic mass is 31.2. The lowest BCUT2D eigenvalue weighted by Crippen LogP contribution is -2.38. The van der Waals surface area contributed by atoms with Crippen LogP contribution in [0.15, 0.2) is 0 Å². The minimum atomic E-state index is -4.46. The lowest BCUT2D eigenvalue weighted by molar-refractivity contribution is -0.870. The number of rotatable bonds is 26. The summed E-state index contributed by atoms with van der Waals surface area (Å²) < 4.78 is 28.5. The molecule has 0 aromatic carbocycles. The van der Waals surface area contributed by atoms with E-state index in [1.165, 1.54) is 90.6 Å². The van der Waals surface area contributed by atoms with Gasteiger partial charge in [0.15, 0.2) is 0 Å². The smallest absolute Gasteiger partial charge is 0.268 e. The largest absolute Gasteiger partial charge is 0.756 e. The van der Waals surface area contributed by atoms with Gasteiger partial charge in [-0.1, -0.05) is 110 Å². The third-order valence-electron chi connectivity index (χ3n) is 6.52. The van der Waals surface area contributed by atoms with Crippen LogP contribution in [0.5, 0.6) is 0 Å². The number of nitrogens with zero attached hydrogens (tertiary/aromatic N) is 1. The van der Waals surface area contributed by atoms with Crippen LogP contribution in [0.3, 0.4) is 0 Å². The van der Waals surface area contributed by atoms with Crippen LogP contribution in [-0.2, 0) is 18.3 Å². The molecule has 0 aliphatic carbocycles. The van der Waals surface area contributed by atoms with Crippen molar-refractivity contribution >= 4 is 7.82 Å². The summed E-state index contributed by atoms with van der Waals surface area (Å²) in [6.45, 7) is 2.58. The zero-order chi connectivity index (χ0) is 26.4. The van der Waals surface area contributed by atoms with Crippen molar-refractivity contribution in [1.29, 1.82) is 0 Å². The molecular weight excluding hydrogens is 465 g/mol. The molecule has 0 bridgehead atoms.